The molecule has 0 aliphatic carbocycles. The average Bonchev–Trinajstić information content (AvgIpc) is 3.13. The summed E-state index contributed by atoms with van der Waals surface area (Å²) >= 11 is 12.7. The fourth-order valence-corrected chi connectivity index (χ4v) is 5.29. The highest BCUT2D eigenvalue weighted by Gasteiger charge is 2.28. The largest absolute Gasteiger partial charge is 0.366 e. The monoisotopic (exact) mass is 533 g/mol. The molecule has 0 spiro atoms. The quantitative estimate of drug-likeness (QED) is 0.380. The SMILES string of the molecule is CN(C)Cc1ccc2n1Cc1ccccc1N(C(=O)c1cccnc1-c1cc(C(N)=O)c(Cl)cc1Cl)C2. The lowest BCUT2D eigenvalue weighted by Gasteiger charge is -2.24. The van der Waals surface area contributed by atoms with Gasteiger partial charge in [-0.2, -0.15) is 0 Å². The van der Waals surface area contributed by atoms with Crippen LogP contribution in [0.4, 0.5) is 5.69 Å². The Kier molecular flexibility index (Phi) is 6.77. The lowest BCUT2D eigenvalue weighted by Crippen LogP contribution is -2.31. The van der Waals surface area contributed by atoms with Gasteiger partial charge in [0.25, 0.3) is 5.91 Å². The van der Waals surface area contributed by atoms with E-state index in [1.165, 1.54) is 17.8 Å². The molecule has 2 N–H and O–H groups in total. The molecule has 4 aromatic rings. The molecule has 7 nitrogen and oxygen atoms in total. The molecule has 37 heavy (non-hydrogen) atoms. The predicted octanol–water partition coefficient (Wildman–Crippen LogP) is 5.23. The normalized spacial score (nSPS) is 12.7. The van der Waals surface area contributed by atoms with E-state index < -0.39 is 5.91 Å². The van der Waals surface area contributed by atoms with Crippen molar-refractivity contribution in [2.45, 2.75) is 19.6 Å². The molecule has 0 fully saturated rings. The van der Waals surface area contributed by atoms with Crippen molar-refractivity contribution < 1.29 is 9.59 Å². The summed E-state index contributed by atoms with van der Waals surface area (Å²) in [5, 5.41) is 0.405. The van der Waals surface area contributed by atoms with E-state index in [9.17, 15) is 9.59 Å². The smallest absolute Gasteiger partial charge is 0.260 e. The molecule has 2 amide bonds. The number of aromatic nitrogens is 2. The first-order chi connectivity index (χ1) is 17.7. The Morgan fingerprint density at radius 3 is 2.51 bits per heavy atom. The molecule has 2 aromatic heterocycles. The van der Waals surface area contributed by atoms with Crippen LogP contribution in [0.1, 0.15) is 37.7 Å². The lowest BCUT2D eigenvalue weighted by atomic mass is 10.0. The first-order valence-electron chi connectivity index (χ1n) is 11.7. The number of para-hydroxylation sites is 1. The van der Waals surface area contributed by atoms with Crippen molar-refractivity contribution in [1.29, 1.82) is 0 Å². The Hall–Kier alpha value is -3.65. The van der Waals surface area contributed by atoms with E-state index in [1.54, 1.807) is 23.2 Å². The number of hydrogen-bond donors (Lipinski definition) is 1. The van der Waals surface area contributed by atoms with Crippen molar-refractivity contribution in [3.63, 3.8) is 0 Å². The highest BCUT2D eigenvalue weighted by Crippen LogP contribution is 2.36. The maximum Gasteiger partial charge on any atom is 0.260 e. The van der Waals surface area contributed by atoms with Crippen LogP contribution < -0.4 is 10.6 Å². The van der Waals surface area contributed by atoms with E-state index in [2.05, 4.69) is 26.6 Å². The molecule has 188 valence electrons. The van der Waals surface area contributed by atoms with E-state index in [0.29, 0.717) is 29.9 Å². The summed E-state index contributed by atoms with van der Waals surface area (Å²) in [4.78, 5) is 34.5. The minimum Gasteiger partial charge on any atom is -0.366 e. The van der Waals surface area contributed by atoms with Gasteiger partial charge in [-0.25, -0.2) is 0 Å². The molecule has 9 heteroatoms. The van der Waals surface area contributed by atoms with Crippen LogP contribution in [-0.4, -0.2) is 40.4 Å². The van der Waals surface area contributed by atoms with E-state index in [4.69, 9.17) is 28.9 Å². The molecular formula is C28H25Cl2N5O2. The van der Waals surface area contributed by atoms with Gasteiger partial charge in [0, 0.05) is 41.9 Å². The number of carbonyl (C=O) groups excluding carboxylic acids is 2. The third kappa shape index (κ3) is 4.73. The Morgan fingerprint density at radius 1 is 0.973 bits per heavy atom. The second-order valence-corrected chi connectivity index (χ2v) is 10.1. The van der Waals surface area contributed by atoms with Crippen molar-refractivity contribution in [2.75, 3.05) is 19.0 Å². The topological polar surface area (TPSA) is 84.5 Å². The molecule has 1 aliphatic rings. The van der Waals surface area contributed by atoms with Crippen molar-refractivity contribution >= 4 is 40.7 Å². The maximum atomic E-state index is 14.2. The molecule has 0 saturated carbocycles. The number of anilines is 1. The Bertz CT molecular complexity index is 1530. The van der Waals surface area contributed by atoms with E-state index in [0.717, 1.165) is 23.5 Å². The third-order valence-corrected chi connectivity index (χ3v) is 7.06. The summed E-state index contributed by atoms with van der Waals surface area (Å²) in [6.45, 7) is 1.84. The van der Waals surface area contributed by atoms with E-state index >= 15 is 0 Å². The van der Waals surface area contributed by atoms with Gasteiger partial charge in [0.05, 0.1) is 33.4 Å². The zero-order chi connectivity index (χ0) is 26.3. The van der Waals surface area contributed by atoms with Gasteiger partial charge in [-0.05, 0) is 62.1 Å². The molecule has 0 bridgehead atoms. The molecule has 0 unspecified atom stereocenters. The molecule has 5 rings (SSSR count). The number of nitrogens with zero attached hydrogens (tertiary/aromatic N) is 4. The summed E-state index contributed by atoms with van der Waals surface area (Å²) < 4.78 is 2.27. The number of benzene rings is 2. The van der Waals surface area contributed by atoms with Crippen LogP contribution in [0.2, 0.25) is 10.0 Å². The van der Waals surface area contributed by atoms with E-state index in [1.807, 2.05) is 38.4 Å². The van der Waals surface area contributed by atoms with Crippen LogP contribution in [0.15, 0.2) is 66.9 Å². The number of carbonyl (C=O) groups is 2. The number of halogens is 2. The zero-order valence-electron chi connectivity index (χ0n) is 20.4. The fraction of sp³-hybridized carbons (Fsp3) is 0.179. The average molecular weight is 534 g/mol. The van der Waals surface area contributed by atoms with Gasteiger partial charge in [-0.1, -0.05) is 41.4 Å². The van der Waals surface area contributed by atoms with Crippen molar-refractivity contribution in [2.24, 2.45) is 5.73 Å². The summed E-state index contributed by atoms with van der Waals surface area (Å²) in [6, 6.07) is 18.5. The summed E-state index contributed by atoms with van der Waals surface area (Å²) in [5.74, 6) is -0.923. The second-order valence-electron chi connectivity index (χ2n) is 9.24. The summed E-state index contributed by atoms with van der Waals surface area (Å²) in [7, 11) is 4.08. The third-order valence-electron chi connectivity index (χ3n) is 6.43. The Labute approximate surface area is 225 Å². The standard InChI is InChI=1S/C28H25Cl2N5O2/c1-33(2)15-18-9-10-19-16-35(25-8-4-3-6-17(25)14-34(18)19)28(37)20-7-5-11-32-26(20)21-12-22(27(31)36)24(30)13-23(21)29/h3-13H,14-16H2,1-2H3,(H2,31,36). The number of pyridine rings is 1. The van der Waals surface area contributed by atoms with Gasteiger partial charge in [0.2, 0.25) is 5.91 Å². The number of rotatable bonds is 5. The van der Waals surface area contributed by atoms with Gasteiger partial charge < -0.3 is 20.1 Å². The first-order valence-corrected chi connectivity index (χ1v) is 12.5. The molecule has 0 atom stereocenters. The second kappa shape index (κ2) is 10.0. The predicted molar refractivity (Wildman–Crippen MR) is 146 cm³/mol. The van der Waals surface area contributed by atoms with Crippen LogP contribution in [-0.2, 0) is 19.6 Å². The van der Waals surface area contributed by atoms with Crippen LogP contribution in [0.25, 0.3) is 11.3 Å². The molecular weight excluding hydrogens is 509 g/mol. The molecule has 1 aliphatic heterocycles. The molecule has 0 saturated heterocycles. The maximum absolute atomic E-state index is 14.2. The number of amides is 2. The molecule has 2 aromatic carbocycles. The van der Waals surface area contributed by atoms with Gasteiger partial charge in [0.1, 0.15) is 0 Å². The lowest BCUT2D eigenvalue weighted by molar-refractivity contribution is 0.0982. The Balaban J connectivity index is 1.62. The fourth-order valence-electron chi connectivity index (χ4n) is 4.72. The summed E-state index contributed by atoms with van der Waals surface area (Å²) in [5.41, 5.74) is 10.8. The van der Waals surface area contributed by atoms with Crippen LogP contribution >= 0.6 is 23.2 Å². The minimum atomic E-state index is -0.692. The number of nitrogens with two attached hydrogens (primary N) is 1. The van der Waals surface area contributed by atoms with Crippen molar-refractivity contribution in [3.05, 3.63) is 105 Å². The molecule has 3 heterocycles. The highest BCUT2D eigenvalue weighted by molar-refractivity contribution is 6.38. The van der Waals surface area contributed by atoms with Crippen LogP contribution in [0.5, 0.6) is 0 Å². The van der Waals surface area contributed by atoms with Gasteiger partial charge in [0.15, 0.2) is 0 Å². The van der Waals surface area contributed by atoms with Gasteiger partial charge >= 0.3 is 0 Å². The van der Waals surface area contributed by atoms with E-state index in [-0.39, 0.29) is 21.5 Å². The number of primary amides is 1. The Morgan fingerprint density at radius 2 is 1.76 bits per heavy atom. The van der Waals surface area contributed by atoms with Gasteiger partial charge in [-0.15, -0.1) is 0 Å². The number of hydrogen-bond acceptors (Lipinski definition) is 4. The highest BCUT2D eigenvalue weighted by atomic mass is 35.5. The van der Waals surface area contributed by atoms with Crippen LogP contribution in [0, 0.1) is 0 Å². The van der Waals surface area contributed by atoms with Gasteiger partial charge in [-0.3, -0.25) is 14.6 Å². The van der Waals surface area contributed by atoms with Crippen molar-refractivity contribution in [3.8, 4) is 11.3 Å². The zero-order valence-corrected chi connectivity index (χ0v) is 21.9. The number of fused-ring (bicyclic) bond motifs is 2. The van der Waals surface area contributed by atoms with Crippen molar-refractivity contribution in [1.82, 2.24) is 14.5 Å². The minimum absolute atomic E-state index is 0.108. The van der Waals surface area contributed by atoms with Crippen LogP contribution in [0.3, 0.4) is 0 Å². The summed E-state index contributed by atoms with van der Waals surface area (Å²) in [6.07, 6.45) is 1.58. The molecule has 0 radical (unpaired) electrons. The first kappa shape index (κ1) is 25.0.